The molecule has 1 heterocycles. The molecule has 4 heteroatoms. The van der Waals surface area contributed by atoms with Crippen LogP contribution < -0.4 is 5.32 Å². The molecule has 1 amide bonds. The van der Waals surface area contributed by atoms with E-state index in [1.165, 1.54) is 0 Å². The molecule has 2 rings (SSSR count). The van der Waals surface area contributed by atoms with Crippen molar-refractivity contribution in [2.45, 2.75) is 31.7 Å². The Morgan fingerprint density at radius 1 is 1.40 bits per heavy atom. The Bertz CT molecular complexity index is 525. The van der Waals surface area contributed by atoms with E-state index < -0.39 is 5.54 Å². The number of aryl methyl sites for hydroxylation is 1. The Hall–Kier alpha value is -1.86. The second-order valence-corrected chi connectivity index (χ2v) is 5.46. The lowest BCUT2D eigenvalue weighted by Gasteiger charge is -2.36. The van der Waals surface area contributed by atoms with Gasteiger partial charge in [-0.1, -0.05) is 25.1 Å². The van der Waals surface area contributed by atoms with Crippen molar-refractivity contribution < 1.29 is 4.79 Å². The first kappa shape index (κ1) is 14.5. The number of piperidine rings is 1. The predicted molar refractivity (Wildman–Crippen MR) is 78.4 cm³/mol. The number of likely N-dealkylation sites (tertiary alicyclic amines) is 1. The van der Waals surface area contributed by atoms with Crippen molar-refractivity contribution in [3.8, 4) is 6.07 Å². The molecular weight excluding hydrogens is 250 g/mol. The molecule has 0 bridgehead atoms. The van der Waals surface area contributed by atoms with Gasteiger partial charge in [-0.2, -0.15) is 5.26 Å². The average Bonchev–Trinajstić information content (AvgIpc) is 2.49. The fourth-order valence-corrected chi connectivity index (χ4v) is 2.60. The summed E-state index contributed by atoms with van der Waals surface area (Å²) in [6.45, 7) is 3.70. The summed E-state index contributed by atoms with van der Waals surface area (Å²) < 4.78 is 0. The number of nitriles is 1. The van der Waals surface area contributed by atoms with Gasteiger partial charge in [-0.15, -0.1) is 0 Å². The van der Waals surface area contributed by atoms with Crippen molar-refractivity contribution in [1.82, 2.24) is 10.2 Å². The van der Waals surface area contributed by atoms with Crippen molar-refractivity contribution in [3.63, 3.8) is 0 Å². The molecule has 0 aliphatic carbocycles. The van der Waals surface area contributed by atoms with Crippen molar-refractivity contribution in [2.24, 2.45) is 0 Å². The molecule has 0 spiro atoms. The fraction of sp³-hybridized carbons (Fsp3) is 0.500. The van der Waals surface area contributed by atoms with Crippen LogP contribution >= 0.6 is 0 Å². The second kappa shape index (κ2) is 6.06. The quantitative estimate of drug-likeness (QED) is 0.914. The van der Waals surface area contributed by atoms with Gasteiger partial charge in [-0.25, -0.2) is 0 Å². The Kier molecular flexibility index (Phi) is 4.41. The van der Waals surface area contributed by atoms with Crippen LogP contribution in [-0.2, 0) is 6.42 Å². The van der Waals surface area contributed by atoms with E-state index in [1.807, 2.05) is 38.2 Å². The highest BCUT2D eigenvalue weighted by molar-refractivity contribution is 5.96. The van der Waals surface area contributed by atoms with Crippen LogP contribution in [0.1, 0.15) is 35.7 Å². The highest BCUT2D eigenvalue weighted by atomic mass is 16.1. The Morgan fingerprint density at radius 3 is 2.65 bits per heavy atom. The molecule has 4 nitrogen and oxygen atoms in total. The number of benzene rings is 1. The Morgan fingerprint density at radius 2 is 2.05 bits per heavy atom. The molecule has 0 atom stereocenters. The van der Waals surface area contributed by atoms with Crippen LogP contribution in [0.25, 0.3) is 0 Å². The molecule has 1 N–H and O–H groups in total. The van der Waals surface area contributed by atoms with Crippen molar-refractivity contribution in [1.29, 1.82) is 5.26 Å². The highest BCUT2D eigenvalue weighted by Gasteiger charge is 2.35. The van der Waals surface area contributed by atoms with Crippen LogP contribution in [0.3, 0.4) is 0 Å². The molecule has 106 valence electrons. The minimum atomic E-state index is -0.718. The van der Waals surface area contributed by atoms with Gasteiger partial charge in [0.05, 0.1) is 6.07 Å². The van der Waals surface area contributed by atoms with Crippen molar-refractivity contribution in [2.75, 3.05) is 20.1 Å². The van der Waals surface area contributed by atoms with E-state index in [1.54, 1.807) is 0 Å². The van der Waals surface area contributed by atoms with Gasteiger partial charge in [-0.05, 0) is 37.9 Å². The van der Waals surface area contributed by atoms with E-state index in [9.17, 15) is 10.1 Å². The molecule has 0 aromatic heterocycles. The van der Waals surface area contributed by atoms with Crippen molar-refractivity contribution >= 4 is 5.91 Å². The Labute approximate surface area is 120 Å². The third-order valence-corrected chi connectivity index (χ3v) is 4.05. The predicted octanol–water partition coefficient (Wildman–Crippen LogP) is 1.97. The zero-order valence-electron chi connectivity index (χ0n) is 12.1. The van der Waals surface area contributed by atoms with Gasteiger partial charge in [0.25, 0.3) is 5.91 Å². The molecule has 1 fully saturated rings. The number of carbonyl (C=O) groups excluding carboxylic acids is 1. The number of hydrogen-bond donors (Lipinski definition) is 1. The molecule has 20 heavy (non-hydrogen) atoms. The summed E-state index contributed by atoms with van der Waals surface area (Å²) in [6.07, 6.45) is 2.17. The molecule has 0 unspecified atom stereocenters. The maximum atomic E-state index is 12.5. The number of rotatable bonds is 3. The molecule has 0 saturated carbocycles. The second-order valence-electron chi connectivity index (χ2n) is 5.46. The minimum absolute atomic E-state index is 0.131. The van der Waals surface area contributed by atoms with Crippen molar-refractivity contribution in [3.05, 3.63) is 35.4 Å². The van der Waals surface area contributed by atoms with Crippen LogP contribution in [0.5, 0.6) is 0 Å². The number of hydrogen-bond acceptors (Lipinski definition) is 3. The van der Waals surface area contributed by atoms with Crippen LogP contribution in [0.2, 0.25) is 0 Å². The smallest absolute Gasteiger partial charge is 0.252 e. The van der Waals surface area contributed by atoms with Crippen LogP contribution in [0, 0.1) is 11.3 Å². The normalized spacial score (nSPS) is 18.2. The van der Waals surface area contributed by atoms with Gasteiger partial charge in [-0.3, -0.25) is 4.79 Å². The molecule has 1 aromatic rings. The van der Waals surface area contributed by atoms with Gasteiger partial charge in [0.15, 0.2) is 0 Å². The van der Waals surface area contributed by atoms with Crippen LogP contribution in [0.15, 0.2) is 24.3 Å². The van der Waals surface area contributed by atoms with Gasteiger partial charge in [0.1, 0.15) is 5.54 Å². The zero-order valence-corrected chi connectivity index (χ0v) is 12.1. The van der Waals surface area contributed by atoms with E-state index in [-0.39, 0.29) is 5.91 Å². The maximum absolute atomic E-state index is 12.5. The number of amides is 1. The Balaban J connectivity index is 2.16. The summed E-state index contributed by atoms with van der Waals surface area (Å²) in [6, 6.07) is 9.90. The zero-order chi connectivity index (χ0) is 14.6. The van der Waals surface area contributed by atoms with E-state index in [0.717, 1.165) is 25.1 Å². The number of nitrogens with zero attached hydrogens (tertiary/aromatic N) is 2. The van der Waals surface area contributed by atoms with Crippen LogP contribution in [0.4, 0.5) is 0 Å². The molecule has 0 radical (unpaired) electrons. The lowest BCUT2D eigenvalue weighted by atomic mass is 9.88. The molecular formula is C16H21N3O. The summed E-state index contributed by atoms with van der Waals surface area (Å²) in [7, 11) is 2.04. The SMILES string of the molecule is CCc1ccccc1C(=O)NC1(C#N)CCN(C)CC1. The van der Waals surface area contributed by atoms with Gasteiger partial charge in [0.2, 0.25) is 0 Å². The first-order valence-electron chi connectivity index (χ1n) is 7.10. The third-order valence-electron chi connectivity index (χ3n) is 4.05. The summed E-state index contributed by atoms with van der Waals surface area (Å²) in [5, 5.41) is 12.4. The van der Waals surface area contributed by atoms with Crippen LogP contribution in [-0.4, -0.2) is 36.5 Å². The molecule has 1 aliphatic rings. The summed E-state index contributed by atoms with van der Waals surface area (Å²) in [5.41, 5.74) is 0.985. The third kappa shape index (κ3) is 3.00. The molecule has 1 aliphatic heterocycles. The molecule has 1 saturated heterocycles. The first-order chi connectivity index (χ1) is 9.60. The lowest BCUT2D eigenvalue weighted by molar-refractivity contribution is 0.0881. The van der Waals surface area contributed by atoms with E-state index in [0.29, 0.717) is 18.4 Å². The summed E-state index contributed by atoms with van der Waals surface area (Å²) in [5.74, 6) is -0.131. The van der Waals surface area contributed by atoms with E-state index >= 15 is 0 Å². The summed E-state index contributed by atoms with van der Waals surface area (Å²) >= 11 is 0. The van der Waals surface area contributed by atoms with Gasteiger partial charge in [0, 0.05) is 18.7 Å². The average molecular weight is 271 g/mol. The van der Waals surface area contributed by atoms with E-state index in [2.05, 4.69) is 16.3 Å². The highest BCUT2D eigenvalue weighted by Crippen LogP contribution is 2.22. The first-order valence-corrected chi connectivity index (χ1v) is 7.10. The lowest BCUT2D eigenvalue weighted by Crippen LogP contribution is -2.53. The summed E-state index contributed by atoms with van der Waals surface area (Å²) in [4.78, 5) is 14.6. The van der Waals surface area contributed by atoms with Gasteiger partial charge >= 0.3 is 0 Å². The monoisotopic (exact) mass is 271 g/mol. The molecule has 1 aromatic carbocycles. The van der Waals surface area contributed by atoms with Gasteiger partial charge < -0.3 is 10.2 Å². The topological polar surface area (TPSA) is 56.1 Å². The maximum Gasteiger partial charge on any atom is 0.252 e. The minimum Gasteiger partial charge on any atom is -0.334 e. The van der Waals surface area contributed by atoms with E-state index in [4.69, 9.17) is 0 Å². The fourth-order valence-electron chi connectivity index (χ4n) is 2.60. The largest absolute Gasteiger partial charge is 0.334 e. The number of nitrogens with one attached hydrogen (secondary N) is 1. The standard InChI is InChI=1S/C16H21N3O/c1-3-13-6-4-5-7-14(13)15(20)18-16(12-17)8-10-19(2)11-9-16/h4-7H,3,8-11H2,1-2H3,(H,18,20). The number of carbonyl (C=O) groups is 1.